The van der Waals surface area contributed by atoms with Crippen LogP contribution in [0.15, 0.2) is 71.6 Å². The number of hydrogen-bond acceptors (Lipinski definition) is 5. The van der Waals surface area contributed by atoms with E-state index in [2.05, 4.69) is 21.4 Å². The molecule has 0 aliphatic heterocycles. The van der Waals surface area contributed by atoms with Crippen LogP contribution in [0.2, 0.25) is 0 Å². The van der Waals surface area contributed by atoms with Crippen molar-refractivity contribution in [1.29, 1.82) is 5.26 Å². The summed E-state index contributed by atoms with van der Waals surface area (Å²) in [7, 11) is 1.60. The number of nitrogens with one attached hydrogen (secondary N) is 3. The summed E-state index contributed by atoms with van der Waals surface area (Å²) >= 11 is 1.08. The van der Waals surface area contributed by atoms with Crippen molar-refractivity contribution in [2.75, 3.05) is 7.05 Å². The number of ether oxygens (including phenoxy) is 1. The fourth-order valence-corrected chi connectivity index (χ4v) is 3.68. The Balaban J connectivity index is 1.80. The molecule has 0 saturated carbocycles. The highest BCUT2D eigenvalue weighted by molar-refractivity contribution is 7.98. The fourth-order valence-electron chi connectivity index (χ4n) is 3.03. The second-order valence-electron chi connectivity index (χ2n) is 8.47. The smallest absolute Gasteiger partial charge is 0.325 e. The van der Waals surface area contributed by atoms with E-state index in [-0.39, 0.29) is 17.5 Å². The van der Waals surface area contributed by atoms with Gasteiger partial charge in [-0.1, -0.05) is 24.3 Å². The predicted molar refractivity (Wildman–Crippen MR) is 134 cm³/mol. The Morgan fingerprint density at radius 1 is 0.971 bits per heavy atom. The molecule has 7 nitrogen and oxygen atoms in total. The number of hydrogen-bond donors (Lipinski definition) is 3. The molecule has 0 aliphatic rings. The van der Waals surface area contributed by atoms with Gasteiger partial charge in [0, 0.05) is 18.2 Å². The first kappa shape index (κ1) is 24.7. The summed E-state index contributed by atoms with van der Waals surface area (Å²) in [6, 6.07) is 21.6. The third-order valence-corrected chi connectivity index (χ3v) is 5.41. The Morgan fingerprint density at radius 2 is 1.71 bits per heavy atom. The zero-order valence-corrected chi connectivity index (χ0v) is 20.2. The summed E-state index contributed by atoms with van der Waals surface area (Å²) in [4.78, 5) is 24.5. The van der Waals surface area contributed by atoms with Crippen LogP contribution in [0.4, 0.5) is 4.79 Å². The number of rotatable bonds is 6. The molecule has 0 atom stereocenters. The van der Waals surface area contributed by atoms with Gasteiger partial charge >= 0.3 is 6.03 Å². The number of nitriles is 1. The van der Waals surface area contributed by atoms with Crippen LogP contribution in [0.3, 0.4) is 0 Å². The Bertz CT molecular complexity index is 1230. The Hall–Kier alpha value is -3.96. The number of nitrogens with zero attached hydrogens (tertiary/aromatic N) is 1. The van der Waals surface area contributed by atoms with Crippen LogP contribution in [0.1, 0.15) is 36.7 Å². The second kappa shape index (κ2) is 10.8. The van der Waals surface area contributed by atoms with Crippen molar-refractivity contribution in [1.82, 2.24) is 15.4 Å². The van der Waals surface area contributed by atoms with Crippen LogP contribution in [-0.4, -0.2) is 24.5 Å². The van der Waals surface area contributed by atoms with Crippen molar-refractivity contribution in [3.63, 3.8) is 0 Å². The molecule has 0 aliphatic carbocycles. The van der Waals surface area contributed by atoms with Gasteiger partial charge in [0.25, 0.3) is 5.91 Å². The average Bonchev–Trinajstić information content (AvgIpc) is 2.82. The quantitative estimate of drug-likeness (QED) is 0.410. The van der Waals surface area contributed by atoms with Gasteiger partial charge in [-0.2, -0.15) is 5.26 Å². The number of carbonyl (C=O) groups excluding carboxylic acids is 2. The predicted octanol–water partition coefficient (Wildman–Crippen LogP) is 5.48. The minimum absolute atomic E-state index is 0.140. The van der Waals surface area contributed by atoms with E-state index >= 15 is 0 Å². The third kappa shape index (κ3) is 6.77. The van der Waals surface area contributed by atoms with Gasteiger partial charge in [-0.15, -0.1) is 0 Å². The lowest BCUT2D eigenvalue weighted by Crippen LogP contribution is -2.44. The molecule has 174 valence electrons. The Kier molecular flexibility index (Phi) is 7.82. The van der Waals surface area contributed by atoms with Crippen molar-refractivity contribution in [3.8, 4) is 28.7 Å². The molecule has 3 N–H and O–H groups in total. The van der Waals surface area contributed by atoms with Crippen LogP contribution in [0, 0.1) is 11.3 Å². The highest BCUT2D eigenvalue weighted by Gasteiger charge is 2.15. The van der Waals surface area contributed by atoms with E-state index in [0.717, 1.165) is 23.1 Å². The number of amides is 3. The topological polar surface area (TPSA) is 103 Å². The molecule has 3 aromatic carbocycles. The zero-order chi connectivity index (χ0) is 24.7. The highest BCUT2D eigenvalue weighted by atomic mass is 32.2. The average molecular weight is 475 g/mol. The lowest BCUT2D eigenvalue weighted by Gasteiger charge is -2.20. The first-order valence-electron chi connectivity index (χ1n) is 10.6. The number of urea groups is 1. The maximum atomic E-state index is 12.2. The van der Waals surface area contributed by atoms with Gasteiger partial charge in [0.05, 0.1) is 16.5 Å². The van der Waals surface area contributed by atoms with E-state index in [1.165, 1.54) is 0 Å². The molecule has 0 heterocycles. The highest BCUT2D eigenvalue weighted by Crippen LogP contribution is 2.34. The largest absolute Gasteiger partial charge is 0.456 e. The lowest BCUT2D eigenvalue weighted by molar-refractivity contribution is 0.0963. The molecule has 3 amide bonds. The molecule has 34 heavy (non-hydrogen) atoms. The molecule has 0 saturated heterocycles. The Morgan fingerprint density at radius 3 is 2.35 bits per heavy atom. The normalized spacial score (nSPS) is 10.7. The first-order chi connectivity index (χ1) is 16.2. The molecular formula is C26H26N4O3S. The van der Waals surface area contributed by atoms with Crippen LogP contribution in [0.5, 0.6) is 11.5 Å². The monoisotopic (exact) mass is 474 g/mol. The zero-order valence-electron chi connectivity index (χ0n) is 19.4. The van der Waals surface area contributed by atoms with E-state index in [1.807, 2.05) is 57.2 Å². The van der Waals surface area contributed by atoms with E-state index in [9.17, 15) is 14.9 Å². The minimum Gasteiger partial charge on any atom is -0.456 e. The molecule has 0 bridgehead atoms. The molecule has 0 unspecified atom stereocenters. The van der Waals surface area contributed by atoms with Gasteiger partial charge in [-0.25, -0.2) is 4.79 Å². The van der Waals surface area contributed by atoms with Gasteiger partial charge in [0.1, 0.15) is 11.5 Å². The SMILES string of the molecule is CNC(=O)c1ccc(-c2cccc(Oc3ccc(C#N)cc3SNC(=O)NC(C)(C)C)c2)cc1. The first-order valence-corrected chi connectivity index (χ1v) is 11.4. The molecule has 0 spiro atoms. The van der Waals surface area contributed by atoms with Crippen molar-refractivity contribution in [2.24, 2.45) is 0 Å². The van der Waals surface area contributed by atoms with Gasteiger partial charge in [-0.05, 0) is 86.3 Å². The third-order valence-electron chi connectivity index (χ3n) is 4.58. The maximum absolute atomic E-state index is 12.2. The molecule has 3 aromatic rings. The number of benzene rings is 3. The van der Waals surface area contributed by atoms with Gasteiger partial charge < -0.3 is 15.4 Å². The fraction of sp³-hybridized carbons (Fsp3) is 0.192. The summed E-state index contributed by atoms with van der Waals surface area (Å²) in [5.74, 6) is 0.963. The summed E-state index contributed by atoms with van der Waals surface area (Å²) in [5, 5.41) is 14.7. The van der Waals surface area contributed by atoms with E-state index in [0.29, 0.717) is 27.5 Å². The summed E-state index contributed by atoms with van der Waals surface area (Å²) in [6.45, 7) is 5.67. The number of carbonyl (C=O) groups is 2. The van der Waals surface area contributed by atoms with E-state index in [1.54, 1.807) is 37.4 Å². The van der Waals surface area contributed by atoms with E-state index in [4.69, 9.17) is 4.74 Å². The second-order valence-corrected chi connectivity index (χ2v) is 9.32. The van der Waals surface area contributed by atoms with Gasteiger partial charge in [-0.3, -0.25) is 9.52 Å². The van der Waals surface area contributed by atoms with Crippen molar-refractivity contribution in [2.45, 2.75) is 31.2 Å². The lowest BCUT2D eigenvalue weighted by atomic mass is 10.0. The van der Waals surface area contributed by atoms with Gasteiger partial charge in [0.15, 0.2) is 0 Å². The van der Waals surface area contributed by atoms with Crippen molar-refractivity contribution >= 4 is 23.9 Å². The van der Waals surface area contributed by atoms with Crippen molar-refractivity contribution in [3.05, 3.63) is 77.9 Å². The molecule has 8 heteroatoms. The van der Waals surface area contributed by atoms with Crippen LogP contribution in [-0.2, 0) is 0 Å². The minimum atomic E-state index is -0.378. The van der Waals surface area contributed by atoms with Crippen molar-refractivity contribution < 1.29 is 14.3 Å². The molecule has 3 rings (SSSR count). The molecule has 0 radical (unpaired) electrons. The summed E-state index contributed by atoms with van der Waals surface area (Å²) < 4.78 is 8.85. The molecule has 0 fully saturated rings. The Labute approximate surface area is 203 Å². The summed E-state index contributed by atoms with van der Waals surface area (Å²) in [6.07, 6.45) is 0. The maximum Gasteiger partial charge on any atom is 0.325 e. The van der Waals surface area contributed by atoms with Gasteiger partial charge in [0.2, 0.25) is 0 Å². The molecule has 0 aromatic heterocycles. The van der Waals surface area contributed by atoms with Crippen LogP contribution in [0.25, 0.3) is 11.1 Å². The summed E-state index contributed by atoms with van der Waals surface area (Å²) in [5.41, 5.74) is 2.52. The van der Waals surface area contributed by atoms with Crippen LogP contribution >= 0.6 is 11.9 Å². The van der Waals surface area contributed by atoms with Crippen LogP contribution < -0.4 is 20.1 Å². The molecular weight excluding hydrogens is 448 g/mol. The standard InChI is InChI=1S/C26H26N4O3S/c1-26(2,3)29-25(32)30-34-23-14-17(16-27)8-13-22(23)33-21-7-5-6-20(15-21)18-9-11-19(12-10-18)24(31)28-4/h5-15H,1-4H3,(H,28,31)(H2,29,30,32). The van der Waals surface area contributed by atoms with E-state index < -0.39 is 0 Å².